The Morgan fingerprint density at radius 1 is 1.53 bits per heavy atom. The van der Waals surface area contributed by atoms with Crippen LogP contribution in [0.2, 0.25) is 0 Å². The number of hydrogen-bond acceptors (Lipinski definition) is 0. The first-order chi connectivity index (χ1) is 7.17. The van der Waals surface area contributed by atoms with Crippen LogP contribution in [0, 0.1) is 17.8 Å². The van der Waals surface area contributed by atoms with E-state index in [4.69, 9.17) is 0 Å². The Balaban J connectivity index is 1.60. The molecule has 0 N–H and O–H groups in total. The van der Waals surface area contributed by atoms with Crippen molar-refractivity contribution < 1.29 is 4.48 Å². The van der Waals surface area contributed by atoms with E-state index >= 15 is 0 Å². The second kappa shape index (κ2) is 3.18. The van der Waals surface area contributed by atoms with Gasteiger partial charge in [-0.05, 0) is 29.5 Å². The number of quaternary nitrogens is 1. The van der Waals surface area contributed by atoms with Gasteiger partial charge in [-0.2, -0.15) is 0 Å². The molecule has 2 aliphatic carbocycles. The van der Waals surface area contributed by atoms with Crippen LogP contribution in [0.3, 0.4) is 0 Å². The van der Waals surface area contributed by atoms with Crippen LogP contribution in [0.15, 0.2) is 11.8 Å². The zero-order valence-electron chi connectivity index (χ0n) is 9.82. The predicted octanol–water partition coefficient (Wildman–Crippen LogP) is 2.75. The molecule has 0 aromatic carbocycles. The molecule has 3 fully saturated rings. The topological polar surface area (TPSA) is 0 Å². The van der Waals surface area contributed by atoms with Crippen LogP contribution in [0.5, 0.6) is 0 Å². The van der Waals surface area contributed by atoms with E-state index in [-0.39, 0.29) is 0 Å². The molecule has 1 heterocycles. The molecule has 1 saturated heterocycles. The first-order valence-corrected chi connectivity index (χ1v) is 7.44. The number of nitrogens with zero attached hydrogens (tertiary/aromatic N) is 1. The molecule has 2 heteroatoms. The SMILES string of the molecule is C=PCCC1CC[N+]1(C)C=C1C2C(C)C12. The summed E-state index contributed by atoms with van der Waals surface area (Å²) in [7, 11) is 3.74. The summed E-state index contributed by atoms with van der Waals surface area (Å²) in [4.78, 5) is 0. The molecule has 4 atom stereocenters. The highest BCUT2D eigenvalue weighted by Gasteiger charge is 2.68. The average Bonchev–Trinajstić information content (AvgIpc) is 3.07. The molecule has 0 aromatic rings. The highest BCUT2D eigenvalue weighted by Crippen LogP contribution is 2.72. The molecule has 3 aliphatic rings. The maximum Gasteiger partial charge on any atom is 0.0991 e. The van der Waals surface area contributed by atoms with Crippen molar-refractivity contribution in [2.24, 2.45) is 17.8 Å². The second-order valence-corrected chi connectivity index (χ2v) is 6.68. The Bertz CT molecular complexity index is 323. The van der Waals surface area contributed by atoms with Crippen LogP contribution in [0.25, 0.3) is 0 Å². The summed E-state index contributed by atoms with van der Waals surface area (Å²) in [6.45, 7) is 3.76. The van der Waals surface area contributed by atoms with Gasteiger partial charge in [0.2, 0.25) is 0 Å². The Kier molecular flexibility index (Phi) is 2.13. The van der Waals surface area contributed by atoms with Crippen molar-refractivity contribution in [1.29, 1.82) is 0 Å². The van der Waals surface area contributed by atoms with E-state index in [0.717, 1.165) is 23.8 Å². The molecular formula is C13H21NP+. The maximum absolute atomic E-state index is 3.92. The van der Waals surface area contributed by atoms with Crippen molar-refractivity contribution >= 4 is 14.5 Å². The molecule has 1 aliphatic heterocycles. The van der Waals surface area contributed by atoms with Crippen LogP contribution in [-0.2, 0) is 0 Å². The van der Waals surface area contributed by atoms with Crippen molar-refractivity contribution in [2.75, 3.05) is 19.8 Å². The van der Waals surface area contributed by atoms with E-state index in [0.29, 0.717) is 0 Å². The van der Waals surface area contributed by atoms with Gasteiger partial charge in [-0.15, -0.1) is 8.20 Å². The van der Waals surface area contributed by atoms with E-state index in [2.05, 4.69) is 26.5 Å². The zero-order chi connectivity index (χ0) is 10.6. The van der Waals surface area contributed by atoms with Crippen molar-refractivity contribution in [3.8, 4) is 0 Å². The molecule has 0 aromatic heterocycles. The van der Waals surface area contributed by atoms with Gasteiger partial charge < -0.3 is 0 Å². The van der Waals surface area contributed by atoms with Crippen LogP contribution >= 0.6 is 8.20 Å². The van der Waals surface area contributed by atoms with Gasteiger partial charge in [0.1, 0.15) is 0 Å². The van der Waals surface area contributed by atoms with E-state index in [9.17, 15) is 0 Å². The first-order valence-electron chi connectivity index (χ1n) is 6.17. The van der Waals surface area contributed by atoms with Crippen LogP contribution in [-0.4, -0.2) is 36.6 Å². The van der Waals surface area contributed by atoms with Crippen molar-refractivity contribution in [1.82, 2.24) is 0 Å². The summed E-state index contributed by atoms with van der Waals surface area (Å²) in [6.07, 6.45) is 10.6. The molecule has 0 radical (unpaired) electrons. The summed E-state index contributed by atoms with van der Waals surface area (Å²) in [6, 6.07) is 0.905. The van der Waals surface area contributed by atoms with Gasteiger partial charge in [0.25, 0.3) is 0 Å². The lowest BCUT2D eigenvalue weighted by atomic mass is 9.96. The van der Waals surface area contributed by atoms with Gasteiger partial charge in [-0.25, -0.2) is 0 Å². The molecule has 15 heavy (non-hydrogen) atoms. The molecular weight excluding hydrogens is 201 g/mol. The minimum absolute atomic E-state index is 0.905. The molecule has 1 nitrogen and oxygen atoms in total. The van der Waals surface area contributed by atoms with Crippen LogP contribution in [0.1, 0.15) is 19.8 Å². The molecule has 4 unspecified atom stereocenters. The van der Waals surface area contributed by atoms with Gasteiger partial charge in [-0.3, -0.25) is 4.48 Å². The van der Waals surface area contributed by atoms with Gasteiger partial charge in [-0.1, -0.05) is 13.2 Å². The van der Waals surface area contributed by atoms with Gasteiger partial charge in [0.05, 0.1) is 25.8 Å². The minimum atomic E-state index is 0.905. The summed E-state index contributed by atoms with van der Waals surface area (Å²) < 4.78 is 1.24. The van der Waals surface area contributed by atoms with Crippen LogP contribution in [0.4, 0.5) is 0 Å². The third-order valence-electron chi connectivity index (χ3n) is 4.88. The smallest absolute Gasteiger partial charge is 0.0991 e. The minimum Gasteiger partial charge on any atom is -0.297 e. The second-order valence-electron chi connectivity index (χ2n) is 5.79. The molecule has 0 bridgehead atoms. The first kappa shape index (κ1) is 10.1. The fraction of sp³-hybridized carbons (Fsp3) is 0.769. The van der Waals surface area contributed by atoms with Gasteiger partial charge in [0.15, 0.2) is 0 Å². The lowest BCUT2D eigenvalue weighted by Crippen LogP contribution is -2.58. The summed E-state index contributed by atoms with van der Waals surface area (Å²) in [5.74, 6) is 3.07. The number of rotatable bonds is 4. The summed E-state index contributed by atoms with van der Waals surface area (Å²) >= 11 is 0. The maximum atomic E-state index is 3.92. The van der Waals surface area contributed by atoms with Crippen molar-refractivity contribution in [3.63, 3.8) is 0 Å². The summed E-state index contributed by atoms with van der Waals surface area (Å²) in [5.41, 5.74) is 1.79. The Labute approximate surface area is 94.6 Å². The largest absolute Gasteiger partial charge is 0.297 e. The standard InChI is InChI=1S/C13H21NP/c1-9-12-11(13(9)12)8-14(2)6-4-10(14)5-7-15-3/h8-10,12-13H,3-7H2,1-2H3/q+1. The van der Waals surface area contributed by atoms with Crippen molar-refractivity contribution in [2.45, 2.75) is 25.8 Å². The Hall–Kier alpha value is -0.130. The number of hydrogen-bond donors (Lipinski definition) is 0. The molecule has 82 valence electrons. The monoisotopic (exact) mass is 222 g/mol. The quantitative estimate of drug-likeness (QED) is 0.507. The third-order valence-corrected chi connectivity index (χ3v) is 5.46. The molecule has 3 rings (SSSR count). The molecule has 0 spiro atoms. The normalized spacial score (nSPS) is 50.9. The highest BCUT2D eigenvalue weighted by atomic mass is 31.1. The van der Waals surface area contributed by atoms with Gasteiger partial charge >= 0.3 is 0 Å². The Morgan fingerprint density at radius 2 is 2.27 bits per heavy atom. The van der Waals surface area contributed by atoms with Crippen molar-refractivity contribution in [3.05, 3.63) is 11.8 Å². The lowest BCUT2D eigenvalue weighted by molar-refractivity contribution is -0.927. The van der Waals surface area contributed by atoms with Gasteiger partial charge in [0, 0.05) is 12.8 Å². The fourth-order valence-corrected chi connectivity index (χ4v) is 3.84. The summed E-state index contributed by atoms with van der Waals surface area (Å²) in [5, 5.41) is 0. The zero-order valence-corrected chi connectivity index (χ0v) is 10.7. The van der Waals surface area contributed by atoms with E-state index < -0.39 is 0 Å². The number of likely N-dealkylation sites (tertiary alicyclic amines) is 1. The van der Waals surface area contributed by atoms with E-state index in [1.807, 2.05) is 0 Å². The van der Waals surface area contributed by atoms with E-state index in [1.54, 1.807) is 5.57 Å². The lowest BCUT2D eigenvalue weighted by Gasteiger charge is -2.47. The van der Waals surface area contributed by atoms with Crippen LogP contribution < -0.4 is 0 Å². The fourth-order valence-electron chi connectivity index (χ4n) is 3.36. The number of allylic oxidation sites excluding steroid dienone is 1. The predicted molar refractivity (Wildman–Crippen MR) is 67.2 cm³/mol. The Morgan fingerprint density at radius 3 is 2.73 bits per heavy atom. The molecule has 2 saturated carbocycles. The number of fused-ring (bicyclic) bond motifs is 1. The van der Waals surface area contributed by atoms with E-state index in [1.165, 1.54) is 38.2 Å². The third kappa shape index (κ3) is 1.44. The average molecular weight is 222 g/mol. The molecule has 0 amide bonds. The highest BCUT2D eigenvalue weighted by molar-refractivity contribution is 7.36.